The molecule has 0 saturated carbocycles. The number of carboxylic acids is 1. The normalized spacial score (nSPS) is 13.9. The average molecular weight is 231 g/mol. The number of rotatable bonds is 7. The molecule has 2 N–H and O–H groups in total. The molecule has 94 valence electrons. The molecular weight excluding hydrogens is 210 g/mol. The van der Waals surface area contributed by atoms with Gasteiger partial charge < -0.3 is 15.2 Å². The van der Waals surface area contributed by atoms with E-state index in [1.165, 1.54) is 0 Å². The number of aliphatic carboxylic acids is 1. The number of carboxylic acid groups (broad SMARTS) is 1. The van der Waals surface area contributed by atoms with Gasteiger partial charge in [-0.3, -0.25) is 0 Å². The predicted octanol–water partition coefficient (Wildman–Crippen LogP) is 2.01. The lowest BCUT2D eigenvalue weighted by atomic mass is 10.00. The van der Waals surface area contributed by atoms with Crippen LogP contribution < -0.4 is 5.32 Å². The van der Waals surface area contributed by atoms with Crippen LogP contribution in [0.4, 0.5) is 4.79 Å². The number of nitrogens with one attached hydrogen (secondary N) is 1. The Hall–Kier alpha value is -1.26. The van der Waals surface area contributed by atoms with Crippen molar-refractivity contribution in [3.8, 4) is 0 Å². The first-order valence-electron chi connectivity index (χ1n) is 5.69. The monoisotopic (exact) mass is 231 g/mol. The van der Waals surface area contributed by atoms with Crippen LogP contribution >= 0.6 is 0 Å². The maximum atomic E-state index is 11.3. The Kier molecular flexibility index (Phi) is 7.33. The number of alkyl carbamates (subject to hydrolysis) is 1. The molecule has 0 radical (unpaired) electrons. The largest absolute Gasteiger partial charge is 0.480 e. The second-order valence-electron chi connectivity index (χ2n) is 3.84. The standard InChI is InChI=1S/C11H21NO4/c1-4-6-7-16-11(15)12-9(10(13)14)8(3)5-2/h8-9H,4-7H2,1-3H3,(H,12,15)(H,13,14). The van der Waals surface area contributed by atoms with E-state index in [0.717, 1.165) is 12.8 Å². The molecule has 0 aliphatic rings. The van der Waals surface area contributed by atoms with E-state index in [4.69, 9.17) is 9.84 Å². The van der Waals surface area contributed by atoms with E-state index in [1.54, 1.807) is 6.92 Å². The minimum absolute atomic E-state index is 0.115. The van der Waals surface area contributed by atoms with Gasteiger partial charge in [0, 0.05) is 0 Å². The third-order valence-corrected chi connectivity index (χ3v) is 2.48. The molecule has 0 bridgehead atoms. The summed E-state index contributed by atoms with van der Waals surface area (Å²) in [5, 5.41) is 11.3. The van der Waals surface area contributed by atoms with Crippen LogP contribution in [0.1, 0.15) is 40.0 Å². The van der Waals surface area contributed by atoms with Crippen LogP contribution in [-0.4, -0.2) is 29.8 Å². The van der Waals surface area contributed by atoms with Gasteiger partial charge in [0.1, 0.15) is 6.04 Å². The van der Waals surface area contributed by atoms with Crippen LogP contribution in [0.15, 0.2) is 0 Å². The highest BCUT2D eigenvalue weighted by atomic mass is 16.5. The van der Waals surface area contributed by atoms with Gasteiger partial charge in [-0.2, -0.15) is 0 Å². The molecule has 0 saturated heterocycles. The van der Waals surface area contributed by atoms with Gasteiger partial charge in [0.15, 0.2) is 0 Å². The molecule has 5 nitrogen and oxygen atoms in total. The van der Waals surface area contributed by atoms with E-state index < -0.39 is 18.1 Å². The first kappa shape index (κ1) is 14.7. The van der Waals surface area contributed by atoms with Crippen molar-refractivity contribution < 1.29 is 19.4 Å². The fourth-order valence-corrected chi connectivity index (χ4v) is 1.16. The number of amides is 1. The zero-order valence-electron chi connectivity index (χ0n) is 10.2. The van der Waals surface area contributed by atoms with Gasteiger partial charge in [-0.05, 0) is 12.3 Å². The molecule has 0 aromatic carbocycles. The third kappa shape index (κ3) is 5.58. The zero-order chi connectivity index (χ0) is 12.6. The summed E-state index contributed by atoms with van der Waals surface area (Å²) in [5.41, 5.74) is 0. The Labute approximate surface area is 96.2 Å². The Bertz CT molecular complexity index is 230. The fourth-order valence-electron chi connectivity index (χ4n) is 1.16. The van der Waals surface area contributed by atoms with E-state index in [2.05, 4.69) is 5.32 Å². The second kappa shape index (κ2) is 7.96. The van der Waals surface area contributed by atoms with Gasteiger partial charge in [0.25, 0.3) is 0 Å². The van der Waals surface area contributed by atoms with E-state index >= 15 is 0 Å². The lowest BCUT2D eigenvalue weighted by Gasteiger charge is -2.19. The summed E-state index contributed by atoms with van der Waals surface area (Å²) >= 11 is 0. The summed E-state index contributed by atoms with van der Waals surface area (Å²) in [6, 6.07) is -0.876. The molecule has 2 atom stereocenters. The quantitative estimate of drug-likeness (QED) is 0.657. The molecule has 0 heterocycles. The number of unbranched alkanes of at least 4 members (excludes halogenated alkanes) is 1. The van der Waals surface area contributed by atoms with Crippen LogP contribution in [0, 0.1) is 5.92 Å². The lowest BCUT2D eigenvalue weighted by Crippen LogP contribution is -2.45. The molecule has 1 amide bonds. The molecule has 2 unspecified atom stereocenters. The van der Waals surface area contributed by atoms with Crippen molar-refractivity contribution in [2.75, 3.05) is 6.61 Å². The molecular formula is C11H21NO4. The number of hydrogen-bond donors (Lipinski definition) is 2. The maximum Gasteiger partial charge on any atom is 0.407 e. The summed E-state index contributed by atoms with van der Waals surface area (Å²) in [7, 11) is 0. The Morgan fingerprint density at radius 1 is 1.38 bits per heavy atom. The number of ether oxygens (including phenoxy) is 1. The van der Waals surface area contributed by atoms with Gasteiger partial charge >= 0.3 is 12.1 Å². The van der Waals surface area contributed by atoms with Gasteiger partial charge in [0.2, 0.25) is 0 Å². The Balaban J connectivity index is 4.09. The van der Waals surface area contributed by atoms with Crippen molar-refractivity contribution in [3.63, 3.8) is 0 Å². The number of carbonyl (C=O) groups excluding carboxylic acids is 1. The zero-order valence-corrected chi connectivity index (χ0v) is 10.2. The van der Waals surface area contributed by atoms with Crippen molar-refractivity contribution in [3.05, 3.63) is 0 Å². The van der Waals surface area contributed by atoms with Crippen molar-refractivity contribution in [2.45, 2.75) is 46.1 Å². The van der Waals surface area contributed by atoms with Crippen molar-refractivity contribution >= 4 is 12.1 Å². The van der Waals surface area contributed by atoms with E-state index in [1.807, 2.05) is 13.8 Å². The summed E-state index contributed by atoms with van der Waals surface area (Å²) in [5.74, 6) is -1.14. The number of carbonyl (C=O) groups is 2. The van der Waals surface area contributed by atoms with Crippen LogP contribution in [0.3, 0.4) is 0 Å². The van der Waals surface area contributed by atoms with Gasteiger partial charge in [-0.25, -0.2) is 9.59 Å². The van der Waals surface area contributed by atoms with Gasteiger partial charge in [0.05, 0.1) is 6.61 Å². The highest BCUT2D eigenvalue weighted by Crippen LogP contribution is 2.08. The van der Waals surface area contributed by atoms with Crippen molar-refractivity contribution in [1.29, 1.82) is 0 Å². The maximum absolute atomic E-state index is 11.3. The Morgan fingerprint density at radius 2 is 2.00 bits per heavy atom. The summed E-state index contributed by atoms with van der Waals surface area (Å²) in [4.78, 5) is 22.2. The molecule has 0 fully saturated rings. The minimum Gasteiger partial charge on any atom is -0.480 e. The van der Waals surface area contributed by atoms with Gasteiger partial charge in [-0.15, -0.1) is 0 Å². The molecule has 16 heavy (non-hydrogen) atoms. The van der Waals surface area contributed by atoms with Crippen LogP contribution in [-0.2, 0) is 9.53 Å². The van der Waals surface area contributed by atoms with E-state index in [-0.39, 0.29) is 5.92 Å². The number of hydrogen-bond acceptors (Lipinski definition) is 3. The molecule has 5 heteroatoms. The van der Waals surface area contributed by atoms with Crippen molar-refractivity contribution in [2.24, 2.45) is 5.92 Å². The van der Waals surface area contributed by atoms with Crippen LogP contribution in [0.25, 0.3) is 0 Å². The van der Waals surface area contributed by atoms with E-state index in [0.29, 0.717) is 13.0 Å². The average Bonchev–Trinajstić information content (AvgIpc) is 2.25. The van der Waals surface area contributed by atoms with Crippen molar-refractivity contribution in [1.82, 2.24) is 5.32 Å². The lowest BCUT2D eigenvalue weighted by molar-refractivity contribution is -0.140. The highest BCUT2D eigenvalue weighted by molar-refractivity contribution is 5.80. The minimum atomic E-state index is -1.03. The summed E-state index contributed by atoms with van der Waals surface area (Å²) in [6.07, 6.45) is 1.75. The van der Waals surface area contributed by atoms with Crippen LogP contribution in [0.2, 0.25) is 0 Å². The summed E-state index contributed by atoms with van der Waals surface area (Å²) < 4.78 is 4.84. The van der Waals surface area contributed by atoms with E-state index in [9.17, 15) is 9.59 Å². The SMILES string of the molecule is CCCCOC(=O)NC(C(=O)O)C(C)CC. The summed E-state index contributed by atoms with van der Waals surface area (Å²) in [6.45, 7) is 5.98. The topological polar surface area (TPSA) is 75.6 Å². The second-order valence-corrected chi connectivity index (χ2v) is 3.84. The first-order valence-corrected chi connectivity index (χ1v) is 5.69. The molecule has 0 rings (SSSR count). The fraction of sp³-hybridized carbons (Fsp3) is 0.818. The first-order chi connectivity index (χ1) is 7.52. The third-order valence-electron chi connectivity index (χ3n) is 2.48. The highest BCUT2D eigenvalue weighted by Gasteiger charge is 2.25. The predicted molar refractivity (Wildman–Crippen MR) is 60.3 cm³/mol. The smallest absolute Gasteiger partial charge is 0.407 e. The molecule has 0 aliphatic carbocycles. The molecule has 0 aliphatic heterocycles. The van der Waals surface area contributed by atoms with Crippen LogP contribution in [0.5, 0.6) is 0 Å². The molecule has 0 aromatic rings. The van der Waals surface area contributed by atoms with Gasteiger partial charge in [-0.1, -0.05) is 33.6 Å². The molecule has 0 spiro atoms. The molecule has 0 aromatic heterocycles. The Morgan fingerprint density at radius 3 is 2.44 bits per heavy atom.